The summed E-state index contributed by atoms with van der Waals surface area (Å²) in [5.41, 5.74) is 0.755. The van der Waals surface area contributed by atoms with Crippen molar-refractivity contribution in [3.05, 3.63) is 48.0 Å². The summed E-state index contributed by atoms with van der Waals surface area (Å²) in [5.74, 6) is -1.44. The summed E-state index contributed by atoms with van der Waals surface area (Å²) in [7, 11) is 0. The number of aliphatic hydroxyl groups is 2. The average Bonchev–Trinajstić information content (AvgIpc) is 3.01. The van der Waals surface area contributed by atoms with E-state index in [1.165, 1.54) is 6.08 Å². The molecule has 1 aromatic rings. The fourth-order valence-corrected chi connectivity index (χ4v) is 3.11. The van der Waals surface area contributed by atoms with Crippen LogP contribution in [0.15, 0.2) is 42.5 Å². The van der Waals surface area contributed by atoms with Crippen molar-refractivity contribution in [2.24, 2.45) is 0 Å². The van der Waals surface area contributed by atoms with E-state index in [1.807, 2.05) is 6.07 Å². The molecule has 0 spiro atoms. The molecule has 0 saturated carbocycles. The van der Waals surface area contributed by atoms with E-state index in [4.69, 9.17) is 14.2 Å². The normalized spacial score (nSPS) is 28.2. The summed E-state index contributed by atoms with van der Waals surface area (Å²) in [5, 5.41) is 20.9. The summed E-state index contributed by atoms with van der Waals surface area (Å²) >= 11 is 0. The van der Waals surface area contributed by atoms with Crippen LogP contribution < -0.4 is 0 Å². The number of nitrogens with zero attached hydrogens (tertiary/aromatic N) is 1. The molecule has 8 nitrogen and oxygen atoms in total. The Bertz CT molecular complexity index is 718. The van der Waals surface area contributed by atoms with Crippen LogP contribution in [-0.4, -0.2) is 63.9 Å². The molecule has 0 bridgehead atoms. The van der Waals surface area contributed by atoms with Crippen LogP contribution in [0.5, 0.6) is 0 Å². The molecular weight excluding hydrogens is 354 g/mol. The van der Waals surface area contributed by atoms with E-state index in [0.717, 1.165) is 16.5 Å². The van der Waals surface area contributed by atoms with Crippen molar-refractivity contribution < 1.29 is 34.0 Å². The quantitative estimate of drug-likeness (QED) is 0.805. The number of carbonyl (C=O) groups excluding carboxylic acids is 2. The van der Waals surface area contributed by atoms with Gasteiger partial charge in [0.25, 0.3) is 0 Å². The first-order valence-electron chi connectivity index (χ1n) is 8.67. The minimum absolute atomic E-state index is 0.0281. The highest BCUT2D eigenvalue weighted by Gasteiger charge is 2.47. The van der Waals surface area contributed by atoms with Gasteiger partial charge in [-0.15, -0.1) is 0 Å². The predicted molar refractivity (Wildman–Crippen MR) is 93.3 cm³/mol. The molecule has 0 aliphatic carbocycles. The van der Waals surface area contributed by atoms with Gasteiger partial charge in [0, 0.05) is 0 Å². The Morgan fingerprint density at radius 3 is 2.70 bits per heavy atom. The maximum atomic E-state index is 12.6. The van der Waals surface area contributed by atoms with Crippen LogP contribution in [0.3, 0.4) is 0 Å². The predicted octanol–water partition coefficient (Wildman–Crippen LogP) is 0.963. The second-order valence-electron chi connectivity index (χ2n) is 6.93. The molecule has 1 unspecified atom stereocenters. The van der Waals surface area contributed by atoms with E-state index < -0.39 is 42.1 Å². The Labute approximate surface area is 156 Å². The van der Waals surface area contributed by atoms with Gasteiger partial charge < -0.3 is 24.4 Å². The number of ketones is 1. The lowest BCUT2D eigenvalue weighted by Crippen LogP contribution is -2.60. The third kappa shape index (κ3) is 4.36. The fraction of sp³-hybridized carbons (Fsp3) is 0.474. The lowest BCUT2D eigenvalue weighted by Gasteiger charge is -2.38. The van der Waals surface area contributed by atoms with E-state index >= 15 is 0 Å². The standard InChI is InChI=1S/C19H23NO7/c1-19(2)26-11-14(27-19)17(23)16-13(21)8-9-15(22)20(16)18(24)25-10-12-6-4-3-5-7-12/h3-9,14-17,22-23H,10-11H2,1-2H3/t14-,15?,16+,17-/m1/s1. The number of hydrogen-bond acceptors (Lipinski definition) is 7. The molecule has 4 atom stereocenters. The monoisotopic (exact) mass is 377 g/mol. The van der Waals surface area contributed by atoms with Gasteiger partial charge in [-0.3, -0.25) is 9.69 Å². The maximum Gasteiger partial charge on any atom is 0.413 e. The molecule has 0 radical (unpaired) electrons. The van der Waals surface area contributed by atoms with Gasteiger partial charge in [-0.1, -0.05) is 30.3 Å². The Morgan fingerprint density at radius 1 is 1.37 bits per heavy atom. The van der Waals surface area contributed by atoms with Crippen LogP contribution in [0.1, 0.15) is 19.4 Å². The highest BCUT2D eigenvalue weighted by Crippen LogP contribution is 2.28. The van der Waals surface area contributed by atoms with Gasteiger partial charge in [-0.25, -0.2) is 4.79 Å². The molecule has 2 aliphatic heterocycles. The lowest BCUT2D eigenvalue weighted by molar-refractivity contribution is -0.163. The third-order valence-electron chi connectivity index (χ3n) is 4.46. The van der Waals surface area contributed by atoms with E-state index in [0.29, 0.717) is 0 Å². The van der Waals surface area contributed by atoms with Crippen LogP contribution in [0.2, 0.25) is 0 Å². The molecule has 3 rings (SSSR count). The zero-order chi connectivity index (χ0) is 19.6. The average molecular weight is 377 g/mol. The summed E-state index contributed by atoms with van der Waals surface area (Å²) in [4.78, 5) is 25.8. The lowest BCUT2D eigenvalue weighted by atomic mass is 9.96. The largest absolute Gasteiger partial charge is 0.444 e. The van der Waals surface area contributed by atoms with Crippen molar-refractivity contribution >= 4 is 11.9 Å². The highest BCUT2D eigenvalue weighted by atomic mass is 16.7. The summed E-state index contributed by atoms with van der Waals surface area (Å²) in [6, 6.07) is 7.66. The summed E-state index contributed by atoms with van der Waals surface area (Å²) in [6.45, 7) is 3.40. The number of carbonyl (C=O) groups is 2. The van der Waals surface area contributed by atoms with Gasteiger partial charge >= 0.3 is 6.09 Å². The van der Waals surface area contributed by atoms with E-state index in [-0.39, 0.29) is 13.2 Å². The number of ether oxygens (including phenoxy) is 3. The first kappa shape index (κ1) is 19.5. The second kappa shape index (κ2) is 7.77. The summed E-state index contributed by atoms with van der Waals surface area (Å²) in [6.07, 6.45) is -2.21. The van der Waals surface area contributed by atoms with Crippen molar-refractivity contribution in [1.29, 1.82) is 0 Å². The Kier molecular flexibility index (Phi) is 5.61. The molecule has 2 heterocycles. The first-order chi connectivity index (χ1) is 12.8. The number of hydrogen-bond donors (Lipinski definition) is 2. The van der Waals surface area contributed by atoms with E-state index in [2.05, 4.69) is 0 Å². The Hall–Kier alpha value is -2.26. The van der Waals surface area contributed by atoms with Gasteiger partial charge in [-0.05, 0) is 31.6 Å². The molecule has 27 heavy (non-hydrogen) atoms. The van der Waals surface area contributed by atoms with E-state index in [1.54, 1.807) is 38.1 Å². The third-order valence-corrected chi connectivity index (χ3v) is 4.46. The second-order valence-corrected chi connectivity index (χ2v) is 6.93. The molecule has 146 valence electrons. The fourth-order valence-electron chi connectivity index (χ4n) is 3.11. The minimum Gasteiger partial charge on any atom is -0.444 e. The van der Waals surface area contributed by atoms with Crippen molar-refractivity contribution in [3.63, 3.8) is 0 Å². The SMILES string of the molecule is CC1(C)OC[C@H]([C@@H](O)[C@@H]2C(=O)C=CC(O)N2C(=O)OCc2ccccc2)O1. The first-order valence-corrected chi connectivity index (χ1v) is 8.67. The zero-order valence-electron chi connectivity index (χ0n) is 15.1. The van der Waals surface area contributed by atoms with Crippen molar-refractivity contribution in [2.75, 3.05) is 6.61 Å². The molecule has 8 heteroatoms. The van der Waals surface area contributed by atoms with Gasteiger partial charge in [0.05, 0.1) is 6.61 Å². The molecule has 1 amide bonds. The summed E-state index contributed by atoms with van der Waals surface area (Å²) < 4.78 is 16.2. The van der Waals surface area contributed by atoms with Gasteiger partial charge in [0.2, 0.25) is 0 Å². The van der Waals surface area contributed by atoms with Crippen LogP contribution in [-0.2, 0) is 25.6 Å². The maximum absolute atomic E-state index is 12.6. The number of rotatable bonds is 4. The minimum atomic E-state index is -1.40. The number of benzene rings is 1. The van der Waals surface area contributed by atoms with Crippen molar-refractivity contribution in [2.45, 2.75) is 50.7 Å². The Morgan fingerprint density at radius 2 is 2.07 bits per heavy atom. The molecule has 1 saturated heterocycles. The van der Waals surface area contributed by atoms with Crippen LogP contribution in [0.4, 0.5) is 4.79 Å². The zero-order valence-corrected chi connectivity index (χ0v) is 15.1. The van der Waals surface area contributed by atoms with Gasteiger partial charge in [-0.2, -0.15) is 0 Å². The smallest absolute Gasteiger partial charge is 0.413 e. The van der Waals surface area contributed by atoms with Crippen LogP contribution >= 0.6 is 0 Å². The topological polar surface area (TPSA) is 106 Å². The highest BCUT2D eigenvalue weighted by molar-refractivity contribution is 5.98. The molecule has 2 aliphatic rings. The number of aliphatic hydroxyl groups excluding tert-OH is 2. The Balaban J connectivity index is 1.74. The van der Waals surface area contributed by atoms with Crippen LogP contribution in [0, 0.1) is 0 Å². The number of amides is 1. The molecule has 1 fully saturated rings. The van der Waals surface area contributed by atoms with Crippen molar-refractivity contribution in [3.8, 4) is 0 Å². The molecule has 1 aromatic carbocycles. The molecular formula is C19H23NO7. The van der Waals surface area contributed by atoms with Crippen molar-refractivity contribution in [1.82, 2.24) is 4.90 Å². The van der Waals surface area contributed by atoms with E-state index in [9.17, 15) is 19.8 Å². The molecule has 0 aromatic heterocycles. The molecule has 2 N–H and O–H groups in total. The van der Waals surface area contributed by atoms with Gasteiger partial charge in [0.15, 0.2) is 17.8 Å². The van der Waals surface area contributed by atoms with Gasteiger partial charge in [0.1, 0.15) is 24.9 Å². The van der Waals surface area contributed by atoms with Crippen LogP contribution in [0.25, 0.3) is 0 Å².